The Labute approximate surface area is 174 Å². The molecule has 0 radical (unpaired) electrons. The van der Waals surface area contributed by atoms with Crippen molar-refractivity contribution in [2.75, 3.05) is 6.54 Å². The Balaban J connectivity index is 1.55. The standard InChI is InChI=1S/C24H24F2N2O2/c25-18-9-10-20(26)19(14-18)23(30)27-16-24-12-5-4-8-21(24)28(22(29)11-13-24)15-17-6-2-1-3-7-17/h1-3,6-10,14H,4-5,11-13,15-16H2,(H,27,30). The molecule has 2 aromatic rings. The van der Waals surface area contributed by atoms with E-state index in [0.717, 1.165) is 48.7 Å². The van der Waals surface area contributed by atoms with Gasteiger partial charge in [-0.3, -0.25) is 9.59 Å². The summed E-state index contributed by atoms with van der Waals surface area (Å²) in [5.41, 5.74) is 1.30. The minimum atomic E-state index is -0.754. The number of halogens is 2. The Kier molecular flexibility index (Phi) is 5.66. The zero-order chi connectivity index (χ0) is 21.1. The highest BCUT2D eigenvalue weighted by molar-refractivity contribution is 5.94. The van der Waals surface area contributed by atoms with E-state index in [-0.39, 0.29) is 23.4 Å². The largest absolute Gasteiger partial charge is 0.351 e. The van der Waals surface area contributed by atoms with Crippen LogP contribution < -0.4 is 5.32 Å². The molecule has 0 spiro atoms. The number of hydrogen-bond acceptors (Lipinski definition) is 2. The number of allylic oxidation sites excluding steroid dienone is 1. The molecule has 1 heterocycles. The number of carbonyl (C=O) groups excluding carboxylic acids is 2. The summed E-state index contributed by atoms with van der Waals surface area (Å²) >= 11 is 0. The second-order valence-corrected chi connectivity index (χ2v) is 8.03. The van der Waals surface area contributed by atoms with E-state index in [1.807, 2.05) is 35.2 Å². The minimum Gasteiger partial charge on any atom is -0.351 e. The lowest BCUT2D eigenvalue weighted by molar-refractivity contribution is -0.134. The van der Waals surface area contributed by atoms with Crippen molar-refractivity contribution in [1.82, 2.24) is 10.2 Å². The van der Waals surface area contributed by atoms with E-state index in [1.54, 1.807) is 0 Å². The van der Waals surface area contributed by atoms with Crippen molar-refractivity contribution in [2.45, 2.75) is 38.6 Å². The van der Waals surface area contributed by atoms with Crippen LogP contribution in [0.4, 0.5) is 8.78 Å². The third kappa shape index (κ3) is 3.99. The highest BCUT2D eigenvalue weighted by Gasteiger charge is 2.44. The van der Waals surface area contributed by atoms with Gasteiger partial charge in [-0.05, 0) is 49.4 Å². The van der Waals surface area contributed by atoms with E-state index in [9.17, 15) is 18.4 Å². The van der Waals surface area contributed by atoms with E-state index in [1.165, 1.54) is 0 Å². The molecule has 1 fully saturated rings. The summed E-state index contributed by atoms with van der Waals surface area (Å²) < 4.78 is 27.5. The molecule has 2 aromatic carbocycles. The van der Waals surface area contributed by atoms with Crippen LogP contribution in [0.3, 0.4) is 0 Å². The van der Waals surface area contributed by atoms with Crippen LogP contribution in [0.15, 0.2) is 60.3 Å². The number of likely N-dealkylation sites (tertiary alicyclic amines) is 1. The molecule has 0 bridgehead atoms. The Morgan fingerprint density at radius 3 is 2.70 bits per heavy atom. The number of rotatable bonds is 5. The van der Waals surface area contributed by atoms with Crippen LogP contribution in [0.25, 0.3) is 0 Å². The van der Waals surface area contributed by atoms with Crippen LogP contribution in [0.2, 0.25) is 0 Å². The van der Waals surface area contributed by atoms with Crippen molar-refractivity contribution in [3.05, 3.63) is 83.1 Å². The van der Waals surface area contributed by atoms with Crippen molar-refractivity contribution in [3.8, 4) is 0 Å². The van der Waals surface area contributed by atoms with Gasteiger partial charge in [0.15, 0.2) is 0 Å². The number of carbonyl (C=O) groups is 2. The summed E-state index contributed by atoms with van der Waals surface area (Å²) in [5.74, 6) is -1.98. The highest BCUT2D eigenvalue weighted by Crippen LogP contribution is 2.46. The first-order valence-electron chi connectivity index (χ1n) is 10.3. The molecule has 30 heavy (non-hydrogen) atoms. The number of fused-ring (bicyclic) bond motifs is 1. The molecule has 1 unspecified atom stereocenters. The van der Waals surface area contributed by atoms with Crippen molar-refractivity contribution in [3.63, 3.8) is 0 Å². The summed E-state index contributed by atoms with van der Waals surface area (Å²) in [5, 5.41) is 2.80. The molecule has 1 saturated heterocycles. The van der Waals surface area contributed by atoms with E-state index in [0.29, 0.717) is 19.4 Å². The zero-order valence-electron chi connectivity index (χ0n) is 16.7. The van der Waals surface area contributed by atoms with Crippen molar-refractivity contribution < 1.29 is 18.4 Å². The van der Waals surface area contributed by atoms with Crippen molar-refractivity contribution in [2.24, 2.45) is 5.41 Å². The van der Waals surface area contributed by atoms with Crippen LogP contribution >= 0.6 is 0 Å². The molecule has 1 atom stereocenters. The predicted octanol–water partition coefficient (Wildman–Crippen LogP) is 4.57. The van der Waals surface area contributed by atoms with E-state index in [2.05, 4.69) is 11.4 Å². The molecule has 1 aliphatic heterocycles. The first kappa shape index (κ1) is 20.3. The molecule has 6 heteroatoms. The molecular formula is C24H24F2N2O2. The normalized spacial score (nSPS) is 21.1. The number of benzene rings is 2. The molecule has 2 amide bonds. The molecule has 1 aliphatic carbocycles. The topological polar surface area (TPSA) is 49.4 Å². The van der Waals surface area contributed by atoms with Crippen LogP contribution in [-0.2, 0) is 11.3 Å². The van der Waals surface area contributed by atoms with Crippen LogP contribution in [0.5, 0.6) is 0 Å². The van der Waals surface area contributed by atoms with Crippen LogP contribution in [-0.4, -0.2) is 23.3 Å². The van der Waals surface area contributed by atoms with Gasteiger partial charge in [0.05, 0.1) is 12.1 Å². The van der Waals surface area contributed by atoms with E-state index >= 15 is 0 Å². The summed E-state index contributed by atoms with van der Waals surface area (Å²) in [4.78, 5) is 27.1. The summed E-state index contributed by atoms with van der Waals surface area (Å²) in [6.45, 7) is 0.770. The molecule has 0 saturated carbocycles. The number of piperidine rings is 1. The maximum Gasteiger partial charge on any atom is 0.254 e. The Bertz CT molecular complexity index is 990. The van der Waals surface area contributed by atoms with E-state index in [4.69, 9.17) is 0 Å². The van der Waals surface area contributed by atoms with Crippen molar-refractivity contribution >= 4 is 11.8 Å². The lowest BCUT2D eigenvalue weighted by Gasteiger charge is -2.47. The maximum absolute atomic E-state index is 14.0. The van der Waals surface area contributed by atoms with Crippen LogP contribution in [0.1, 0.15) is 48.0 Å². The van der Waals surface area contributed by atoms with E-state index < -0.39 is 17.5 Å². The minimum absolute atomic E-state index is 0.0742. The number of amides is 2. The molecule has 4 rings (SSSR count). The van der Waals surface area contributed by atoms with Crippen molar-refractivity contribution in [1.29, 1.82) is 0 Å². The Morgan fingerprint density at radius 2 is 1.90 bits per heavy atom. The zero-order valence-corrected chi connectivity index (χ0v) is 16.7. The lowest BCUT2D eigenvalue weighted by Crippen LogP contribution is -2.50. The molecule has 0 aromatic heterocycles. The smallest absolute Gasteiger partial charge is 0.254 e. The van der Waals surface area contributed by atoms with Gasteiger partial charge >= 0.3 is 0 Å². The SMILES string of the molecule is O=C(NCC12CCCC=C1N(Cc1ccccc1)C(=O)CC2)c1cc(F)ccc1F. The summed E-state index contributed by atoms with van der Waals surface area (Å²) in [6.07, 6.45) is 5.80. The monoisotopic (exact) mass is 410 g/mol. The molecule has 1 N–H and O–H groups in total. The number of nitrogens with zero attached hydrogens (tertiary/aromatic N) is 1. The van der Waals surface area contributed by atoms with Gasteiger partial charge < -0.3 is 10.2 Å². The van der Waals surface area contributed by atoms with Gasteiger partial charge in [0.25, 0.3) is 5.91 Å². The third-order valence-electron chi connectivity index (χ3n) is 6.09. The fraction of sp³-hybridized carbons (Fsp3) is 0.333. The number of hydrogen-bond donors (Lipinski definition) is 1. The summed E-state index contributed by atoms with van der Waals surface area (Å²) in [7, 11) is 0. The lowest BCUT2D eigenvalue weighted by atomic mass is 9.69. The predicted molar refractivity (Wildman–Crippen MR) is 109 cm³/mol. The van der Waals surface area contributed by atoms with Gasteiger partial charge in [-0.1, -0.05) is 36.4 Å². The Morgan fingerprint density at radius 1 is 1.10 bits per heavy atom. The fourth-order valence-electron chi connectivity index (χ4n) is 4.51. The first-order chi connectivity index (χ1) is 14.5. The quantitative estimate of drug-likeness (QED) is 0.785. The van der Waals surface area contributed by atoms with Gasteiger partial charge in [0, 0.05) is 24.1 Å². The molecule has 2 aliphatic rings. The fourth-order valence-corrected chi connectivity index (χ4v) is 4.51. The van der Waals surface area contributed by atoms with Gasteiger partial charge in [-0.25, -0.2) is 8.78 Å². The highest BCUT2D eigenvalue weighted by atomic mass is 19.1. The Hall–Kier alpha value is -3.02. The molecular weight excluding hydrogens is 386 g/mol. The van der Waals surface area contributed by atoms with Crippen LogP contribution in [0, 0.1) is 17.0 Å². The molecule has 156 valence electrons. The average Bonchev–Trinajstić information content (AvgIpc) is 2.77. The van der Waals surface area contributed by atoms with Gasteiger partial charge in [0.2, 0.25) is 5.91 Å². The van der Waals surface area contributed by atoms with Gasteiger partial charge in [0.1, 0.15) is 11.6 Å². The number of nitrogens with one attached hydrogen (secondary N) is 1. The third-order valence-corrected chi connectivity index (χ3v) is 6.09. The summed E-state index contributed by atoms with van der Waals surface area (Å²) in [6, 6.07) is 12.7. The maximum atomic E-state index is 14.0. The second kappa shape index (κ2) is 8.38. The van der Waals surface area contributed by atoms with Gasteiger partial charge in [-0.15, -0.1) is 0 Å². The second-order valence-electron chi connectivity index (χ2n) is 8.03. The van der Waals surface area contributed by atoms with Gasteiger partial charge in [-0.2, -0.15) is 0 Å². The first-order valence-corrected chi connectivity index (χ1v) is 10.3. The average molecular weight is 410 g/mol. The molecule has 4 nitrogen and oxygen atoms in total.